The molecule has 35 heavy (non-hydrogen) atoms. The van der Waals surface area contributed by atoms with E-state index in [0.717, 1.165) is 4.68 Å². The number of ether oxygens (including phenoxy) is 1. The van der Waals surface area contributed by atoms with Crippen molar-refractivity contribution in [3.8, 4) is 22.8 Å². The van der Waals surface area contributed by atoms with Crippen LogP contribution in [0.1, 0.15) is 40.6 Å². The van der Waals surface area contributed by atoms with Crippen LogP contribution >= 0.6 is 0 Å². The fourth-order valence-corrected chi connectivity index (χ4v) is 3.31. The molecule has 182 valence electrons. The molecular formula is C23H21F3N6O3. The Morgan fingerprint density at radius 3 is 2.66 bits per heavy atom. The van der Waals surface area contributed by atoms with Crippen molar-refractivity contribution in [2.45, 2.75) is 25.7 Å². The molecule has 0 unspecified atom stereocenters. The molecule has 12 heteroatoms. The highest BCUT2D eigenvalue weighted by Gasteiger charge is 2.36. The van der Waals surface area contributed by atoms with Gasteiger partial charge in [-0.3, -0.25) is 4.79 Å². The number of hydrogen-bond donors (Lipinski definition) is 2. The maximum atomic E-state index is 13.5. The van der Waals surface area contributed by atoms with Gasteiger partial charge in [0.1, 0.15) is 11.4 Å². The molecule has 1 amide bonds. The van der Waals surface area contributed by atoms with Gasteiger partial charge in [0.25, 0.3) is 5.91 Å². The summed E-state index contributed by atoms with van der Waals surface area (Å²) in [5.74, 6) is 0.198. The zero-order chi connectivity index (χ0) is 25.2. The minimum Gasteiger partial charge on any atom is -0.496 e. The molecule has 0 saturated heterocycles. The Labute approximate surface area is 197 Å². The van der Waals surface area contributed by atoms with Gasteiger partial charge in [0, 0.05) is 23.7 Å². The second-order valence-corrected chi connectivity index (χ2v) is 7.61. The molecule has 0 aliphatic heterocycles. The van der Waals surface area contributed by atoms with E-state index in [0.29, 0.717) is 22.9 Å². The lowest BCUT2D eigenvalue weighted by Crippen LogP contribution is -2.25. The van der Waals surface area contributed by atoms with Crippen molar-refractivity contribution in [1.82, 2.24) is 25.2 Å². The Bertz CT molecular complexity index is 1350. The fraction of sp³-hybridized carbons (Fsp3) is 0.217. The Balaban J connectivity index is 1.68. The van der Waals surface area contributed by atoms with Crippen molar-refractivity contribution in [2.24, 2.45) is 5.73 Å². The number of nitrogens with one attached hydrogen (secondary N) is 1. The summed E-state index contributed by atoms with van der Waals surface area (Å²) < 4.78 is 51.7. The molecule has 0 bridgehead atoms. The van der Waals surface area contributed by atoms with Crippen molar-refractivity contribution < 1.29 is 27.2 Å². The number of aromatic nitrogens is 4. The van der Waals surface area contributed by atoms with Crippen LogP contribution in [0, 0.1) is 0 Å². The number of halogens is 3. The standard InChI is InChI=1S/C23H21F3N6O3/c1-13(27)22-29-20(31-35-22)14-7-5-8-16(10-14)32-17(11-19(30-32)23(24,25)26)21(33)28-12-15-6-3-4-9-18(15)34-2/h3-11,13H,12,27H2,1-2H3,(H,28,33)/t13-/m0/s1. The molecule has 0 aliphatic carbocycles. The van der Waals surface area contributed by atoms with E-state index < -0.39 is 23.8 Å². The summed E-state index contributed by atoms with van der Waals surface area (Å²) in [5.41, 5.74) is 5.55. The number of para-hydroxylation sites is 1. The fourth-order valence-electron chi connectivity index (χ4n) is 3.31. The van der Waals surface area contributed by atoms with E-state index in [2.05, 4.69) is 20.6 Å². The van der Waals surface area contributed by atoms with Gasteiger partial charge >= 0.3 is 6.18 Å². The number of hydrogen-bond acceptors (Lipinski definition) is 7. The predicted molar refractivity (Wildman–Crippen MR) is 119 cm³/mol. The summed E-state index contributed by atoms with van der Waals surface area (Å²) in [7, 11) is 1.49. The largest absolute Gasteiger partial charge is 0.496 e. The number of alkyl halides is 3. The molecule has 3 N–H and O–H groups in total. The molecule has 2 aromatic carbocycles. The Morgan fingerprint density at radius 1 is 1.20 bits per heavy atom. The number of rotatable bonds is 7. The van der Waals surface area contributed by atoms with Gasteiger partial charge in [0.15, 0.2) is 5.69 Å². The topological polar surface area (TPSA) is 121 Å². The number of amides is 1. The summed E-state index contributed by atoms with van der Waals surface area (Å²) in [4.78, 5) is 17.1. The maximum absolute atomic E-state index is 13.5. The van der Waals surface area contributed by atoms with Gasteiger partial charge in [0.2, 0.25) is 11.7 Å². The third kappa shape index (κ3) is 5.17. The highest BCUT2D eigenvalue weighted by Crippen LogP contribution is 2.30. The summed E-state index contributed by atoms with van der Waals surface area (Å²) in [6, 6.07) is 13.4. The molecule has 9 nitrogen and oxygen atoms in total. The average molecular weight is 486 g/mol. The van der Waals surface area contributed by atoms with Crippen LogP contribution in [0.3, 0.4) is 0 Å². The summed E-state index contributed by atoms with van der Waals surface area (Å²) in [5, 5.41) is 10.1. The first kappa shape index (κ1) is 24.0. The van der Waals surface area contributed by atoms with E-state index in [4.69, 9.17) is 15.0 Å². The van der Waals surface area contributed by atoms with Crippen molar-refractivity contribution in [2.75, 3.05) is 7.11 Å². The van der Waals surface area contributed by atoms with Crippen molar-refractivity contribution >= 4 is 5.91 Å². The van der Waals surface area contributed by atoms with E-state index in [1.54, 1.807) is 43.3 Å². The van der Waals surface area contributed by atoms with Gasteiger partial charge < -0.3 is 20.3 Å². The normalized spacial score (nSPS) is 12.4. The lowest BCUT2D eigenvalue weighted by Gasteiger charge is -2.11. The molecule has 4 rings (SSSR count). The summed E-state index contributed by atoms with van der Waals surface area (Å²) in [6.07, 6.45) is -4.75. The number of nitrogens with zero attached hydrogens (tertiary/aromatic N) is 4. The molecule has 4 aromatic rings. The molecule has 0 spiro atoms. The zero-order valence-corrected chi connectivity index (χ0v) is 18.7. The van der Waals surface area contributed by atoms with Crippen LogP contribution in [0.5, 0.6) is 5.75 Å². The highest BCUT2D eigenvalue weighted by molar-refractivity contribution is 5.93. The van der Waals surface area contributed by atoms with Crippen molar-refractivity contribution in [3.63, 3.8) is 0 Å². The van der Waals surface area contributed by atoms with Gasteiger partial charge in [-0.15, -0.1) is 0 Å². The third-order valence-corrected chi connectivity index (χ3v) is 5.04. The molecule has 2 heterocycles. The minimum absolute atomic E-state index is 0.0400. The van der Waals surface area contributed by atoms with Crippen LogP contribution in [0.2, 0.25) is 0 Å². The number of benzene rings is 2. The Morgan fingerprint density at radius 2 is 1.97 bits per heavy atom. The van der Waals surface area contributed by atoms with Crippen LogP contribution in [-0.4, -0.2) is 32.9 Å². The first-order chi connectivity index (χ1) is 16.7. The monoisotopic (exact) mass is 486 g/mol. The average Bonchev–Trinajstić information content (AvgIpc) is 3.51. The maximum Gasteiger partial charge on any atom is 0.435 e. The van der Waals surface area contributed by atoms with E-state index in [1.807, 2.05) is 0 Å². The zero-order valence-electron chi connectivity index (χ0n) is 18.7. The van der Waals surface area contributed by atoms with Crippen molar-refractivity contribution in [3.05, 3.63) is 77.4 Å². The quantitative estimate of drug-likeness (QED) is 0.406. The Kier molecular flexibility index (Phi) is 6.56. The predicted octanol–water partition coefficient (Wildman–Crippen LogP) is 3.90. The van der Waals surface area contributed by atoms with Gasteiger partial charge in [0.05, 0.1) is 18.8 Å². The Hall–Kier alpha value is -4.19. The van der Waals surface area contributed by atoms with Crippen LogP contribution < -0.4 is 15.8 Å². The summed E-state index contributed by atoms with van der Waals surface area (Å²) in [6.45, 7) is 1.71. The minimum atomic E-state index is -4.75. The van der Waals surface area contributed by atoms with Gasteiger partial charge in [-0.05, 0) is 25.1 Å². The van der Waals surface area contributed by atoms with E-state index in [9.17, 15) is 18.0 Å². The smallest absolute Gasteiger partial charge is 0.435 e. The molecule has 2 aromatic heterocycles. The third-order valence-electron chi connectivity index (χ3n) is 5.04. The molecule has 0 saturated carbocycles. The van der Waals surface area contributed by atoms with Gasteiger partial charge in [-0.1, -0.05) is 35.5 Å². The first-order valence-electron chi connectivity index (χ1n) is 10.4. The molecule has 0 fully saturated rings. The van der Waals surface area contributed by atoms with E-state index in [1.165, 1.54) is 19.2 Å². The molecule has 0 radical (unpaired) electrons. The SMILES string of the molecule is COc1ccccc1CNC(=O)c1cc(C(F)(F)F)nn1-c1cccc(-c2noc([C@H](C)N)n2)c1. The van der Waals surface area contributed by atoms with Crippen LogP contribution in [0.15, 0.2) is 59.1 Å². The number of nitrogens with two attached hydrogens (primary N) is 1. The van der Waals surface area contributed by atoms with Crippen molar-refractivity contribution in [1.29, 1.82) is 0 Å². The lowest BCUT2D eigenvalue weighted by atomic mass is 10.2. The molecular weight excluding hydrogens is 465 g/mol. The summed E-state index contributed by atoms with van der Waals surface area (Å²) >= 11 is 0. The molecule has 1 atom stereocenters. The van der Waals surface area contributed by atoms with Crippen LogP contribution in [0.25, 0.3) is 17.1 Å². The van der Waals surface area contributed by atoms with Gasteiger partial charge in [-0.25, -0.2) is 4.68 Å². The van der Waals surface area contributed by atoms with Crippen LogP contribution in [-0.2, 0) is 12.7 Å². The van der Waals surface area contributed by atoms with E-state index in [-0.39, 0.29) is 29.6 Å². The lowest BCUT2D eigenvalue weighted by molar-refractivity contribution is -0.141. The first-order valence-corrected chi connectivity index (χ1v) is 10.4. The molecule has 0 aliphatic rings. The highest BCUT2D eigenvalue weighted by atomic mass is 19.4. The number of methoxy groups -OCH3 is 1. The second kappa shape index (κ2) is 9.58. The van der Waals surface area contributed by atoms with E-state index >= 15 is 0 Å². The second-order valence-electron chi connectivity index (χ2n) is 7.61. The van der Waals surface area contributed by atoms with Crippen LogP contribution in [0.4, 0.5) is 13.2 Å². The number of carbonyl (C=O) groups excluding carboxylic acids is 1. The number of carbonyl (C=O) groups is 1. The van der Waals surface area contributed by atoms with Gasteiger partial charge in [-0.2, -0.15) is 23.3 Å².